The lowest BCUT2D eigenvalue weighted by atomic mass is 9.96. The van der Waals surface area contributed by atoms with Crippen LogP contribution in [0.1, 0.15) is 28.3 Å². The van der Waals surface area contributed by atoms with Gasteiger partial charge < -0.3 is 24.0 Å². The van der Waals surface area contributed by atoms with Gasteiger partial charge in [0.1, 0.15) is 23.8 Å². The molecule has 1 aromatic carbocycles. The molecule has 9 nitrogen and oxygen atoms in total. The lowest BCUT2D eigenvalue weighted by Crippen LogP contribution is -2.58. The fourth-order valence-corrected chi connectivity index (χ4v) is 4.38. The average Bonchev–Trinajstić information content (AvgIpc) is 2.83. The second-order valence-corrected chi connectivity index (χ2v) is 9.03. The number of hydrogen-bond acceptors (Lipinski definition) is 7. The van der Waals surface area contributed by atoms with Gasteiger partial charge in [0.05, 0.1) is 44.0 Å². The Kier molecular flexibility index (Phi) is 7.65. The van der Waals surface area contributed by atoms with Gasteiger partial charge in [0, 0.05) is 30.9 Å². The van der Waals surface area contributed by atoms with E-state index >= 15 is 0 Å². The van der Waals surface area contributed by atoms with E-state index in [9.17, 15) is 9.59 Å². The fraction of sp³-hybridized carbons (Fsp3) is 0.500. The van der Waals surface area contributed by atoms with Crippen LogP contribution >= 0.6 is 11.6 Å². The first-order valence-electron chi connectivity index (χ1n) is 11.3. The molecule has 0 aliphatic carbocycles. The highest BCUT2D eigenvalue weighted by Gasteiger charge is 2.43. The summed E-state index contributed by atoms with van der Waals surface area (Å²) in [5, 5.41) is 0.548. The maximum atomic E-state index is 13.3. The molecule has 0 spiro atoms. The van der Waals surface area contributed by atoms with Crippen LogP contribution in [0.15, 0.2) is 30.5 Å². The van der Waals surface area contributed by atoms with Crippen LogP contribution in [-0.4, -0.2) is 89.8 Å². The van der Waals surface area contributed by atoms with Crippen molar-refractivity contribution in [1.29, 1.82) is 0 Å². The number of aromatic nitrogens is 2. The predicted molar refractivity (Wildman–Crippen MR) is 125 cm³/mol. The zero-order valence-electron chi connectivity index (χ0n) is 19.5. The van der Waals surface area contributed by atoms with Gasteiger partial charge in [-0.25, -0.2) is 9.97 Å². The van der Waals surface area contributed by atoms with Crippen molar-refractivity contribution in [1.82, 2.24) is 19.8 Å². The maximum absolute atomic E-state index is 13.3. The monoisotopic (exact) mass is 488 g/mol. The topological polar surface area (TPSA) is 94.1 Å². The minimum Gasteiger partial charge on any atom is -0.490 e. The van der Waals surface area contributed by atoms with Gasteiger partial charge in [0.25, 0.3) is 5.91 Å². The molecule has 34 heavy (non-hydrogen) atoms. The molecule has 2 aliphatic rings. The largest absolute Gasteiger partial charge is 0.490 e. The number of hydrogen-bond donors (Lipinski definition) is 0. The summed E-state index contributed by atoms with van der Waals surface area (Å²) >= 11 is 6.10. The summed E-state index contributed by atoms with van der Waals surface area (Å²) in [4.78, 5) is 38.5. The van der Waals surface area contributed by atoms with E-state index in [-0.39, 0.29) is 38.0 Å². The molecular formula is C24H29ClN4O5. The fourth-order valence-electron chi connectivity index (χ4n) is 4.20. The third kappa shape index (κ3) is 5.84. The summed E-state index contributed by atoms with van der Waals surface area (Å²) in [6, 6.07) is 7.05. The quantitative estimate of drug-likeness (QED) is 0.615. The van der Waals surface area contributed by atoms with Crippen LogP contribution in [0.2, 0.25) is 5.02 Å². The van der Waals surface area contributed by atoms with Gasteiger partial charge >= 0.3 is 0 Å². The molecule has 1 atom stereocenters. The van der Waals surface area contributed by atoms with Crippen molar-refractivity contribution in [3.8, 4) is 5.75 Å². The number of carbonyl (C=O) groups excluding carboxylic acids is 2. The van der Waals surface area contributed by atoms with Gasteiger partial charge in [-0.2, -0.15) is 0 Å². The van der Waals surface area contributed by atoms with Crippen LogP contribution in [0.25, 0.3) is 0 Å². The van der Waals surface area contributed by atoms with Crippen LogP contribution in [0, 0.1) is 13.8 Å². The summed E-state index contributed by atoms with van der Waals surface area (Å²) in [6.45, 7) is 6.65. The molecule has 0 saturated carbocycles. The van der Waals surface area contributed by atoms with E-state index in [4.69, 9.17) is 25.8 Å². The van der Waals surface area contributed by atoms with Crippen LogP contribution in [0.3, 0.4) is 0 Å². The van der Waals surface area contributed by atoms with Gasteiger partial charge in [-0.3, -0.25) is 9.59 Å². The van der Waals surface area contributed by atoms with Crippen LogP contribution < -0.4 is 4.74 Å². The molecule has 10 heteroatoms. The van der Waals surface area contributed by atoms with E-state index in [1.807, 2.05) is 0 Å². The van der Waals surface area contributed by atoms with Crippen molar-refractivity contribution in [2.75, 3.05) is 52.6 Å². The number of carbonyl (C=O) groups is 2. The van der Waals surface area contributed by atoms with E-state index in [2.05, 4.69) is 9.97 Å². The summed E-state index contributed by atoms with van der Waals surface area (Å²) in [7, 11) is 0. The van der Waals surface area contributed by atoms with Crippen molar-refractivity contribution in [2.24, 2.45) is 0 Å². The van der Waals surface area contributed by atoms with E-state index in [0.29, 0.717) is 60.7 Å². The molecule has 0 N–H and O–H groups in total. The second-order valence-electron chi connectivity index (χ2n) is 8.59. The Balaban J connectivity index is 1.55. The Labute approximate surface area is 204 Å². The zero-order valence-corrected chi connectivity index (χ0v) is 20.2. The Morgan fingerprint density at radius 1 is 1.15 bits per heavy atom. The molecule has 182 valence electrons. The molecule has 1 aromatic heterocycles. The van der Waals surface area contributed by atoms with Gasteiger partial charge in [-0.1, -0.05) is 17.7 Å². The number of rotatable bonds is 6. The van der Waals surface area contributed by atoms with Crippen molar-refractivity contribution >= 4 is 23.4 Å². The predicted octanol–water partition coefficient (Wildman–Crippen LogP) is 2.29. The lowest BCUT2D eigenvalue weighted by Gasteiger charge is -2.43. The van der Waals surface area contributed by atoms with Crippen molar-refractivity contribution < 1.29 is 23.8 Å². The molecule has 2 aromatic rings. The number of morpholine rings is 2. The van der Waals surface area contributed by atoms with Crippen molar-refractivity contribution in [3.63, 3.8) is 0 Å². The molecular weight excluding hydrogens is 460 g/mol. The number of nitrogens with zero attached hydrogens (tertiary/aromatic N) is 4. The van der Waals surface area contributed by atoms with Crippen molar-refractivity contribution in [3.05, 3.63) is 52.6 Å². The molecule has 3 heterocycles. The van der Waals surface area contributed by atoms with Crippen molar-refractivity contribution in [2.45, 2.75) is 25.9 Å². The highest BCUT2D eigenvalue weighted by Crippen LogP contribution is 2.27. The molecule has 2 amide bonds. The molecule has 0 unspecified atom stereocenters. The number of amides is 2. The average molecular weight is 489 g/mol. The third-order valence-corrected chi connectivity index (χ3v) is 6.24. The molecule has 0 bridgehead atoms. The molecule has 4 rings (SSSR count). The Morgan fingerprint density at radius 3 is 2.65 bits per heavy atom. The molecule has 2 saturated heterocycles. The smallest absolute Gasteiger partial charge is 0.257 e. The van der Waals surface area contributed by atoms with Crippen LogP contribution in [-0.2, 0) is 14.3 Å². The Morgan fingerprint density at radius 2 is 1.91 bits per heavy atom. The SMILES string of the molecule is Cc1ncc(C(=O)N2CCO[C@](COc3cccc(Cl)c3)(CC(=O)N3CCOCC3)C2)c(C)n1. The number of aryl methyl sites for hydroxylation is 2. The Bertz CT molecular complexity index is 1050. The summed E-state index contributed by atoms with van der Waals surface area (Å²) in [5.41, 5.74) is 0.0521. The highest BCUT2D eigenvalue weighted by molar-refractivity contribution is 6.30. The minimum absolute atomic E-state index is 0.0536. The first-order chi connectivity index (χ1) is 16.3. The van der Waals surface area contributed by atoms with Gasteiger partial charge in [0.15, 0.2) is 0 Å². The second kappa shape index (κ2) is 10.7. The van der Waals surface area contributed by atoms with Gasteiger partial charge in [-0.05, 0) is 32.0 Å². The molecule has 2 fully saturated rings. The summed E-state index contributed by atoms with van der Waals surface area (Å²) in [6.07, 6.45) is 1.64. The third-order valence-electron chi connectivity index (χ3n) is 6.00. The zero-order chi connectivity index (χ0) is 24.1. The Hall–Kier alpha value is -2.75. The van der Waals surface area contributed by atoms with Gasteiger partial charge in [0.2, 0.25) is 5.91 Å². The standard InChI is InChI=1S/C24H29ClN4O5/c1-17-21(14-26-18(2)27-17)23(31)29-8-11-34-24(15-29,13-22(30)28-6-9-32-10-7-28)16-33-20-5-3-4-19(25)12-20/h3-5,12,14H,6-11,13,15-16H2,1-2H3/t24-/m1/s1. The van der Waals surface area contributed by atoms with Crippen LogP contribution in [0.5, 0.6) is 5.75 Å². The highest BCUT2D eigenvalue weighted by atomic mass is 35.5. The van der Waals surface area contributed by atoms with E-state index in [0.717, 1.165) is 0 Å². The normalized spacial score (nSPS) is 20.8. The number of ether oxygens (including phenoxy) is 3. The first kappa shape index (κ1) is 24.4. The van der Waals surface area contributed by atoms with E-state index < -0.39 is 5.60 Å². The molecule has 2 aliphatic heterocycles. The molecule has 0 radical (unpaired) electrons. The van der Waals surface area contributed by atoms with Gasteiger partial charge in [-0.15, -0.1) is 0 Å². The number of halogens is 1. The summed E-state index contributed by atoms with van der Waals surface area (Å²) in [5.74, 6) is 0.936. The first-order valence-corrected chi connectivity index (χ1v) is 11.7. The summed E-state index contributed by atoms with van der Waals surface area (Å²) < 4.78 is 17.6. The lowest BCUT2D eigenvalue weighted by molar-refractivity contribution is -0.155. The van der Waals surface area contributed by atoms with Crippen LogP contribution in [0.4, 0.5) is 0 Å². The van der Waals surface area contributed by atoms with E-state index in [1.165, 1.54) is 0 Å². The number of benzene rings is 1. The minimum atomic E-state index is -1.01. The maximum Gasteiger partial charge on any atom is 0.257 e. The van der Waals surface area contributed by atoms with E-state index in [1.54, 1.807) is 54.1 Å².